The van der Waals surface area contributed by atoms with Gasteiger partial charge in [-0.1, -0.05) is 17.7 Å². The van der Waals surface area contributed by atoms with Gasteiger partial charge in [-0.15, -0.1) is 11.3 Å². The third-order valence-electron chi connectivity index (χ3n) is 3.74. The number of thiazole rings is 1. The maximum Gasteiger partial charge on any atom is 0.263 e. The predicted molar refractivity (Wildman–Crippen MR) is 101 cm³/mol. The number of hydrogen-bond donors (Lipinski definition) is 1. The molecule has 6 nitrogen and oxygen atoms in total. The van der Waals surface area contributed by atoms with E-state index in [-0.39, 0.29) is 10.8 Å². The first-order valence-corrected chi connectivity index (χ1v) is 10.4. The van der Waals surface area contributed by atoms with Crippen LogP contribution in [0.4, 0.5) is 5.13 Å². The summed E-state index contributed by atoms with van der Waals surface area (Å²) in [4.78, 5) is 18.3. The minimum absolute atomic E-state index is 0.0179. The molecule has 2 rings (SSSR count). The molecule has 9 heteroatoms. The summed E-state index contributed by atoms with van der Waals surface area (Å²) < 4.78 is 27.5. The quantitative estimate of drug-likeness (QED) is 0.771. The van der Waals surface area contributed by atoms with Gasteiger partial charge in [-0.3, -0.25) is 9.52 Å². The van der Waals surface area contributed by atoms with Crippen LogP contribution in [0, 0.1) is 6.92 Å². The van der Waals surface area contributed by atoms with Crippen LogP contribution in [-0.4, -0.2) is 37.3 Å². The lowest BCUT2D eigenvalue weighted by Gasteiger charge is -2.17. The summed E-state index contributed by atoms with van der Waals surface area (Å²) in [6.07, 6.45) is 2.25. The Morgan fingerprint density at radius 3 is 2.76 bits per heavy atom. The van der Waals surface area contributed by atoms with E-state index in [2.05, 4.69) is 9.71 Å². The molecule has 0 spiro atoms. The van der Waals surface area contributed by atoms with Gasteiger partial charge in [-0.2, -0.15) is 0 Å². The van der Waals surface area contributed by atoms with Crippen LogP contribution in [0.2, 0.25) is 5.02 Å². The van der Waals surface area contributed by atoms with E-state index in [0.717, 1.165) is 4.88 Å². The second-order valence-electron chi connectivity index (χ2n) is 5.45. The van der Waals surface area contributed by atoms with Gasteiger partial charge < -0.3 is 4.90 Å². The SMILES string of the molecule is CCN(CCc1cnc(NS(=O)(=O)c2cccc(Cl)c2C)s1)C(C)=O. The van der Waals surface area contributed by atoms with Crippen molar-refractivity contribution in [3.8, 4) is 0 Å². The van der Waals surface area contributed by atoms with Crippen LogP contribution in [0.5, 0.6) is 0 Å². The lowest BCUT2D eigenvalue weighted by Crippen LogP contribution is -2.30. The van der Waals surface area contributed by atoms with Crippen molar-refractivity contribution >= 4 is 44.0 Å². The van der Waals surface area contributed by atoms with Crippen molar-refractivity contribution in [2.24, 2.45) is 0 Å². The Morgan fingerprint density at radius 1 is 1.40 bits per heavy atom. The van der Waals surface area contributed by atoms with Crippen molar-refractivity contribution in [1.82, 2.24) is 9.88 Å². The Kier molecular flexibility index (Phi) is 6.42. The normalized spacial score (nSPS) is 11.4. The highest BCUT2D eigenvalue weighted by molar-refractivity contribution is 7.93. The van der Waals surface area contributed by atoms with Crippen molar-refractivity contribution in [3.63, 3.8) is 0 Å². The Balaban J connectivity index is 2.10. The molecule has 1 heterocycles. The maximum atomic E-state index is 12.5. The Hall–Kier alpha value is -1.64. The molecule has 0 atom stereocenters. The predicted octanol–water partition coefficient (Wildman–Crippen LogP) is 3.32. The highest BCUT2D eigenvalue weighted by Crippen LogP contribution is 2.26. The molecule has 1 aromatic carbocycles. The highest BCUT2D eigenvalue weighted by Gasteiger charge is 2.20. The highest BCUT2D eigenvalue weighted by atomic mass is 35.5. The number of carbonyl (C=O) groups excluding carboxylic acids is 1. The second-order valence-corrected chi connectivity index (χ2v) is 8.62. The van der Waals surface area contributed by atoms with Crippen molar-refractivity contribution < 1.29 is 13.2 Å². The lowest BCUT2D eigenvalue weighted by molar-refractivity contribution is -0.128. The summed E-state index contributed by atoms with van der Waals surface area (Å²) in [5.41, 5.74) is 0.494. The number of sulfonamides is 1. The molecule has 25 heavy (non-hydrogen) atoms. The van der Waals surface area contributed by atoms with Crippen LogP contribution >= 0.6 is 22.9 Å². The maximum absolute atomic E-state index is 12.5. The van der Waals surface area contributed by atoms with Crippen LogP contribution in [0.25, 0.3) is 0 Å². The number of likely N-dealkylation sites (N-methyl/N-ethyl adjacent to an activating group) is 1. The van der Waals surface area contributed by atoms with Crippen molar-refractivity contribution in [2.75, 3.05) is 17.8 Å². The molecule has 2 aromatic rings. The van der Waals surface area contributed by atoms with E-state index in [1.165, 1.54) is 24.3 Å². The Bertz CT molecular complexity index is 865. The van der Waals surface area contributed by atoms with Crippen LogP contribution in [0.15, 0.2) is 29.3 Å². The van der Waals surface area contributed by atoms with Crippen molar-refractivity contribution in [3.05, 3.63) is 39.9 Å². The molecule has 0 aliphatic carbocycles. The summed E-state index contributed by atoms with van der Waals surface area (Å²) in [7, 11) is -3.75. The zero-order chi connectivity index (χ0) is 18.6. The number of aromatic nitrogens is 1. The first kappa shape index (κ1) is 19.7. The minimum atomic E-state index is -3.75. The molecule has 0 aliphatic heterocycles. The van der Waals surface area contributed by atoms with E-state index < -0.39 is 10.0 Å². The topological polar surface area (TPSA) is 79.4 Å². The largest absolute Gasteiger partial charge is 0.343 e. The number of nitrogens with zero attached hydrogens (tertiary/aromatic N) is 2. The van der Waals surface area contributed by atoms with E-state index in [1.54, 1.807) is 30.2 Å². The number of halogens is 1. The van der Waals surface area contributed by atoms with Gasteiger partial charge >= 0.3 is 0 Å². The number of benzene rings is 1. The molecule has 1 aromatic heterocycles. The van der Waals surface area contributed by atoms with Gasteiger partial charge in [0.15, 0.2) is 5.13 Å². The monoisotopic (exact) mass is 401 g/mol. The average Bonchev–Trinajstić information content (AvgIpc) is 2.96. The molecular formula is C16H20ClN3O3S2. The molecule has 0 radical (unpaired) electrons. The molecule has 136 valence electrons. The van der Waals surface area contributed by atoms with E-state index in [1.807, 2.05) is 6.92 Å². The molecule has 1 amide bonds. The van der Waals surface area contributed by atoms with E-state index in [0.29, 0.717) is 35.2 Å². The number of hydrogen-bond acceptors (Lipinski definition) is 5. The third-order valence-corrected chi connectivity index (χ3v) is 6.73. The molecule has 0 bridgehead atoms. The molecule has 0 saturated carbocycles. The van der Waals surface area contributed by atoms with E-state index in [9.17, 15) is 13.2 Å². The zero-order valence-corrected chi connectivity index (χ0v) is 16.6. The summed E-state index contributed by atoms with van der Waals surface area (Å²) >= 11 is 7.26. The van der Waals surface area contributed by atoms with Gasteiger partial charge in [-0.25, -0.2) is 13.4 Å². The van der Waals surface area contributed by atoms with Gasteiger partial charge in [0.2, 0.25) is 5.91 Å². The lowest BCUT2D eigenvalue weighted by atomic mass is 10.2. The fourth-order valence-electron chi connectivity index (χ4n) is 2.30. The number of anilines is 1. The molecule has 0 saturated heterocycles. The molecule has 0 aliphatic rings. The van der Waals surface area contributed by atoms with Gasteiger partial charge in [0.25, 0.3) is 10.0 Å². The van der Waals surface area contributed by atoms with Gasteiger partial charge in [0.1, 0.15) is 0 Å². The molecule has 1 N–H and O–H groups in total. The fourth-order valence-corrected chi connectivity index (χ4v) is 4.84. The Morgan fingerprint density at radius 2 is 2.12 bits per heavy atom. The van der Waals surface area contributed by atoms with Crippen LogP contribution in [0.1, 0.15) is 24.3 Å². The van der Waals surface area contributed by atoms with Crippen molar-refractivity contribution in [1.29, 1.82) is 0 Å². The number of carbonyl (C=O) groups is 1. The second kappa shape index (κ2) is 8.16. The number of nitrogens with one attached hydrogen (secondary N) is 1. The van der Waals surface area contributed by atoms with Crippen LogP contribution in [-0.2, 0) is 21.2 Å². The number of rotatable bonds is 7. The molecule has 0 unspecified atom stereocenters. The summed E-state index contributed by atoms with van der Waals surface area (Å²) in [6, 6.07) is 4.74. The standard InChI is InChI=1S/C16H20ClN3O3S2/c1-4-20(12(3)21)9-8-13-10-18-16(24-13)19-25(22,23)15-7-5-6-14(17)11(15)2/h5-7,10H,4,8-9H2,1-3H3,(H,18,19). The smallest absolute Gasteiger partial charge is 0.263 e. The van der Waals surface area contributed by atoms with Crippen molar-refractivity contribution in [2.45, 2.75) is 32.1 Å². The third kappa shape index (κ3) is 4.93. The first-order chi connectivity index (χ1) is 11.7. The minimum Gasteiger partial charge on any atom is -0.343 e. The van der Waals surface area contributed by atoms with E-state index in [4.69, 9.17) is 11.6 Å². The van der Waals surface area contributed by atoms with Gasteiger partial charge in [0, 0.05) is 42.5 Å². The zero-order valence-electron chi connectivity index (χ0n) is 14.2. The molecular weight excluding hydrogens is 382 g/mol. The van der Waals surface area contributed by atoms with Gasteiger partial charge in [-0.05, 0) is 31.5 Å². The van der Waals surface area contributed by atoms with Crippen LogP contribution in [0.3, 0.4) is 0 Å². The molecule has 0 fully saturated rings. The summed E-state index contributed by atoms with van der Waals surface area (Å²) in [5, 5.41) is 0.687. The van der Waals surface area contributed by atoms with Crippen LogP contribution < -0.4 is 4.72 Å². The summed E-state index contributed by atoms with van der Waals surface area (Å²) in [6.45, 7) is 6.32. The average molecular weight is 402 g/mol. The fraction of sp³-hybridized carbons (Fsp3) is 0.375. The number of amides is 1. The van der Waals surface area contributed by atoms with Gasteiger partial charge in [0.05, 0.1) is 4.90 Å². The summed E-state index contributed by atoms with van der Waals surface area (Å²) in [5.74, 6) is 0.0179. The van der Waals surface area contributed by atoms with E-state index >= 15 is 0 Å². The Labute approximate surface area is 156 Å². The first-order valence-electron chi connectivity index (χ1n) is 7.72.